The third-order valence-electron chi connectivity index (χ3n) is 9.81. The van der Waals surface area contributed by atoms with Crippen LogP contribution in [0.25, 0.3) is 0 Å². The smallest absolute Gasteiger partial charge is 0.331 e. The number of halogens is 1. The predicted octanol–water partition coefficient (Wildman–Crippen LogP) is 7.75. The molecule has 2 bridgehead atoms. The average Bonchev–Trinajstić information content (AvgIpc) is 3.08. The van der Waals surface area contributed by atoms with Crippen LogP contribution in [0.4, 0.5) is 16.2 Å². The van der Waals surface area contributed by atoms with Crippen molar-refractivity contribution < 1.29 is 23.3 Å². The lowest BCUT2D eigenvalue weighted by atomic mass is 9.70. The van der Waals surface area contributed by atoms with Crippen LogP contribution < -0.4 is 19.7 Å². The fourth-order valence-corrected chi connectivity index (χ4v) is 9.12. The van der Waals surface area contributed by atoms with Gasteiger partial charge in [-0.25, -0.2) is 13.7 Å². The number of hydrogen-bond acceptors (Lipinski definition) is 7. The molecule has 50 heavy (non-hydrogen) atoms. The molecule has 1 aromatic heterocycles. The number of rotatable bonds is 3. The van der Waals surface area contributed by atoms with Crippen molar-refractivity contribution in [3.8, 4) is 5.75 Å². The standard InChI is InChI=1S/C38H46ClN5O5S/c1-25-7-6-9-35(48-3)33-14-11-30(33)23-44-22-29-10-13-31(39)20-27(29)8-4-5-18-49-36-15-12-28(21-34(36)44)37(45)42-50(47,24-25)43-38(46)41-32-16-17-40-26(2)19-32/h6,9-10,12-13,15-17,19-21,25,30,33,35H,4-5,7-8,11,14,18,22-24H2,1-3H3,(H2,40,41,42,43,45,46,47)/b9-6+/t25-,30-,33+,35-,50?/m0/s1. The number of hydrogen-bond donors (Lipinski definition) is 2. The molecular weight excluding hydrogens is 674 g/mol. The van der Waals surface area contributed by atoms with Crippen molar-refractivity contribution in [3.63, 3.8) is 0 Å². The van der Waals surface area contributed by atoms with E-state index in [4.69, 9.17) is 21.1 Å². The Labute approximate surface area is 300 Å². The molecule has 3 heterocycles. The van der Waals surface area contributed by atoms with Gasteiger partial charge >= 0.3 is 6.03 Å². The molecule has 3 aliphatic rings. The van der Waals surface area contributed by atoms with Crippen molar-refractivity contribution in [3.05, 3.63) is 94.3 Å². The van der Waals surface area contributed by atoms with Crippen molar-refractivity contribution in [2.75, 3.05) is 36.2 Å². The molecule has 1 fully saturated rings. The van der Waals surface area contributed by atoms with E-state index in [0.29, 0.717) is 53.6 Å². The van der Waals surface area contributed by atoms with Gasteiger partial charge in [-0.2, -0.15) is 0 Å². The minimum Gasteiger partial charge on any atom is -0.491 e. The molecule has 2 aromatic carbocycles. The number of carbonyl (C=O) groups is 2. The Morgan fingerprint density at radius 3 is 2.74 bits per heavy atom. The van der Waals surface area contributed by atoms with Crippen LogP contribution in [0.15, 0.2) is 71.2 Å². The Kier molecular flexibility index (Phi) is 11.4. The lowest BCUT2D eigenvalue weighted by Gasteiger charge is -2.43. The SMILES string of the molecule is CO[C@H]1/C=C/C[C@H](C)CS(=O)(NC(=O)Nc2ccnc(C)c2)=NC(=O)c2ccc3c(c2)N(Cc2ccc(Cl)cc2CCCCO3)C[C@@H]2CC[C@H]21. The maximum absolute atomic E-state index is 14.4. The second-order valence-electron chi connectivity index (χ2n) is 13.7. The van der Waals surface area contributed by atoms with Crippen LogP contribution in [-0.2, 0) is 27.6 Å². The summed E-state index contributed by atoms with van der Waals surface area (Å²) in [5.41, 5.74) is 4.62. The van der Waals surface area contributed by atoms with Crippen molar-refractivity contribution in [2.24, 2.45) is 22.1 Å². The highest BCUT2D eigenvalue weighted by molar-refractivity contribution is 7.92. The number of nitrogens with one attached hydrogen (secondary N) is 2. The van der Waals surface area contributed by atoms with Gasteiger partial charge in [-0.1, -0.05) is 36.7 Å². The molecule has 1 aliphatic carbocycles. The van der Waals surface area contributed by atoms with Crippen LogP contribution in [0.3, 0.4) is 0 Å². The first-order valence-electron chi connectivity index (χ1n) is 17.4. The second-order valence-corrected chi connectivity index (χ2v) is 16.1. The Bertz CT molecular complexity index is 1880. The predicted molar refractivity (Wildman–Crippen MR) is 198 cm³/mol. The van der Waals surface area contributed by atoms with Gasteiger partial charge in [0.25, 0.3) is 5.91 Å². The number of carbonyl (C=O) groups excluding carboxylic acids is 2. The first-order valence-corrected chi connectivity index (χ1v) is 19.4. The van der Waals surface area contributed by atoms with Crippen molar-refractivity contribution in [1.29, 1.82) is 0 Å². The number of urea groups is 1. The second kappa shape index (κ2) is 16.0. The zero-order valence-corrected chi connectivity index (χ0v) is 30.5. The van der Waals surface area contributed by atoms with E-state index in [0.717, 1.165) is 44.3 Å². The van der Waals surface area contributed by atoms with E-state index >= 15 is 0 Å². The van der Waals surface area contributed by atoms with Gasteiger partial charge < -0.3 is 19.7 Å². The summed E-state index contributed by atoms with van der Waals surface area (Å²) in [5, 5.41) is 3.42. The van der Waals surface area contributed by atoms with Crippen LogP contribution in [0, 0.1) is 24.7 Å². The lowest BCUT2D eigenvalue weighted by molar-refractivity contribution is 0.0133. The van der Waals surface area contributed by atoms with Crippen molar-refractivity contribution >= 4 is 44.8 Å². The normalized spacial score (nSPS) is 26.4. The fraction of sp³-hybridized carbons (Fsp3) is 0.447. The Balaban J connectivity index is 1.42. The van der Waals surface area contributed by atoms with Crippen LogP contribution in [0.1, 0.15) is 66.2 Å². The molecule has 5 atom stereocenters. The molecule has 10 nitrogen and oxygen atoms in total. The average molecular weight is 720 g/mol. The van der Waals surface area contributed by atoms with Gasteiger partial charge in [-0.05, 0) is 117 Å². The Morgan fingerprint density at radius 1 is 1.10 bits per heavy atom. The van der Waals surface area contributed by atoms with Gasteiger partial charge in [0.15, 0.2) is 0 Å². The van der Waals surface area contributed by atoms with E-state index in [1.807, 2.05) is 19.1 Å². The van der Waals surface area contributed by atoms with E-state index in [9.17, 15) is 13.8 Å². The Hall–Kier alpha value is -3.93. The first kappa shape index (κ1) is 35.9. The molecule has 0 radical (unpaired) electrons. The fourth-order valence-electron chi connectivity index (χ4n) is 7.10. The highest BCUT2D eigenvalue weighted by Crippen LogP contribution is 2.42. The summed E-state index contributed by atoms with van der Waals surface area (Å²) in [6.07, 6.45) is 11.1. The topological polar surface area (TPSA) is 122 Å². The first-order chi connectivity index (χ1) is 24.1. The number of fused-ring (bicyclic) bond motifs is 3. The van der Waals surface area contributed by atoms with Gasteiger partial charge in [0.05, 0.1) is 24.2 Å². The molecule has 3 amide bonds. The number of nitrogens with zero attached hydrogens (tertiary/aromatic N) is 3. The lowest BCUT2D eigenvalue weighted by Crippen LogP contribution is -2.43. The van der Waals surface area contributed by atoms with E-state index < -0.39 is 21.9 Å². The van der Waals surface area contributed by atoms with Crippen LogP contribution in [0.5, 0.6) is 5.75 Å². The highest BCUT2D eigenvalue weighted by Gasteiger charge is 2.38. The largest absolute Gasteiger partial charge is 0.491 e. The van der Waals surface area contributed by atoms with Crippen LogP contribution >= 0.6 is 11.6 Å². The molecule has 0 saturated heterocycles. The molecular formula is C38H46ClN5O5S. The van der Waals surface area contributed by atoms with Gasteiger partial charge in [0.1, 0.15) is 15.7 Å². The monoisotopic (exact) mass is 719 g/mol. The van der Waals surface area contributed by atoms with Gasteiger partial charge in [0.2, 0.25) is 0 Å². The minimum atomic E-state index is -3.55. The highest BCUT2D eigenvalue weighted by atomic mass is 35.5. The van der Waals surface area contributed by atoms with Gasteiger partial charge in [-0.3, -0.25) is 9.78 Å². The molecule has 266 valence electrons. The summed E-state index contributed by atoms with van der Waals surface area (Å²) in [5.74, 6) is 0.506. The number of benzene rings is 2. The maximum atomic E-state index is 14.4. The zero-order valence-electron chi connectivity index (χ0n) is 28.9. The van der Waals surface area contributed by atoms with E-state index in [1.165, 1.54) is 11.1 Å². The molecule has 2 N–H and O–H groups in total. The van der Waals surface area contributed by atoms with Gasteiger partial charge in [-0.15, -0.1) is 4.36 Å². The molecule has 0 spiro atoms. The summed E-state index contributed by atoms with van der Waals surface area (Å²) in [6, 6.07) is 14.0. The van der Waals surface area contributed by atoms with E-state index in [2.05, 4.69) is 48.6 Å². The number of aryl methyl sites for hydroxylation is 2. The number of methoxy groups -OCH3 is 1. The van der Waals surface area contributed by atoms with Crippen LogP contribution in [-0.4, -0.2) is 53.2 Å². The number of ether oxygens (including phenoxy) is 2. The van der Waals surface area contributed by atoms with Crippen molar-refractivity contribution in [2.45, 2.75) is 65.0 Å². The maximum Gasteiger partial charge on any atom is 0.331 e. The quantitative estimate of drug-likeness (QED) is 0.266. The summed E-state index contributed by atoms with van der Waals surface area (Å²) in [6.45, 7) is 5.60. The molecule has 1 saturated carbocycles. The number of anilines is 2. The summed E-state index contributed by atoms with van der Waals surface area (Å²) in [7, 11) is -1.80. The van der Waals surface area contributed by atoms with Crippen LogP contribution in [0.2, 0.25) is 5.02 Å². The zero-order chi connectivity index (χ0) is 35.3. The summed E-state index contributed by atoms with van der Waals surface area (Å²) < 4.78 is 33.6. The number of allylic oxidation sites excluding steroid dienone is 1. The van der Waals surface area contributed by atoms with E-state index in [-0.39, 0.29) is 23.3 Å². The number of aromatic nitrogens is 1. The third kappa shape index (κ3) is 8.86. The third-order valence-corrected chi connectivity index (χ3v) is 12.0. The Morgan fingerprint density at radius 2 is 1.96 bits per heavy atom. The number of pyridine rings is 1. The minimum absolute atomic E-state index is 0.0188. The molecule has 2 aliphatic heterocycles. The van der Waals surface area contributed by atoms with Crippen molar-refractivity contribution in [1.82, 2.24) is 9.71 Å². The van der Waals surface area contributed by atoms with Gasteiger partial charge in [0, 0.05) is 48.4 Å². The molecule has 6 rings (SSSR count). The molecule has 1 unspecified atom stereocenters. The summed E-state index contributed by atoms with van der Waals surface area (Å²) >= 11 is 6.46. The molecule has 3 aromatic rings. The molecule has 12 heteroatoms. The summed E-state index contributed by atoms with van der Waals surface area (Å²) in [4.78, 5) is 33.6. The van der Waals surface area contributed by atoms with E-state index in [1.54, 1.807) is 44.5 Å². The number of amides is 3.